The van der Waals surface area contributed by atoms with Gasteiger partial charge in [-0.05, 0) is 18.9 Å². The van der Waals surface area contributed by atoms with Crippen LogP contribution < -0.4 is 5.56 Å². The molecule has 2 aromatic rings. The van der Waals surface area contributed by atoms with Gasteiger partial charge in [-0.1, -0.05) is 0 Å². The number of aliphatic hydroxyl groups is 1. The average molecular weight is 304 g/mol. The molecule has 2 aromatic heterocycles. The predicted octanol–water partition coefficient (Wildman–Crippen LogP) is 0.296. The predicted molar refractivity (Wildman–Crippen MR) is 77.6 cm³/mol. The van der Waals surface area contributed by atoms with Crippen molar-refractivity contribution in [2.45, 2.75) is 25.0 Å². The molecule has 116 valence electrons. The second-order valence-corrected chi connectivity index (χ2v) is 5.56. The van der Waals surface area contributed by atoms with Gasteiger partial charge >= 0.3 is 6.09 Å². The van der Waals surface area contributed by atoms with Gasteiger partial charge in [0.1, 0.15) is 0 Å². The molecule has 3 heterocycles. The molecule has 0 radical (unpaired) electrons. The van der Waals surface area contributed by atoms with Gasteiger partial charge in [-0.25, -0.2) is 9.78 Å². The van der Waals surface area contributed by atoms with Crippen molar-refractivity contribution in [3.8, 4) is 0 Å². The normalized spacial score (nSPS) is 17.6. The molecular formula is C14H16N4O4. The van der Waals surface area contributed by atoms with Crippen LogP contribution in [0.4, 0.5) is 4.79 Å². The Morgan fingerprint density at radius 3 is 2.77 bits per heavy atom. The summed E-state index contributed by atoms with van der Waals surface area (Å²) in [7, 11) is 0. The lowest BCUT2D eigenvalue weighted by atomic mass is 9.91. The van der Waals surface area contributed by atoms with Crippen molar-refractivity contribution in [3.05, 3.63) is 35.1 Å². The van der Waals surface area contributed by atoms with Crippen molar-refractivity contribution in [2.75, 3.05) is 13.1 Å². The molecular weight excluding hydrogens is 288 g/mol. The summed E-state index contributed by atoms with van der Waals surface area (Å²) in [5.74, 6) is 0. The molecule has 8 heteroatoms. The summed E-state index contributed by atoms with van der Waals surface area (Å²) in [6.45, 7) is 0.613. The Bertz CT molecular complexity index is 765. The number of hydrogen-bond donors (Lipinski definition) is 2. The number of hydrogen-bond acceptors (Lipinski definition) is 5. The topological polar surface area (TPSA) is 109 Å². The zero-order valence-electron chi connectivity index (χ0n) is 11.8. The van der Waals surface area contributed by atoms with Gasteiger partial charge in [0.05, 0.1) is 35.6 Å². The highest BCUT2D eigenvalue weighted by molar-refractivity contribution is 5.75. The Kier molecular flexibility index (Phi) is 3.53. The number of carboxylic acid groups (broad SMARTS) is 1. The van der Waals surface area contributed by atoms with E-state index in [1.807, 2.05) is 0 Å². The first kappa shape index (κ1) is 14.5. The molecule has 0 aromatic carbocycles. The Hall–Kier alpha value is -2.48. The molecule has 1 aliphatic heterocycles. The van der Waals surface area contributed by atoms with Crippen molar-refractivity contribution in [1.29, 1.82) is 0 Å². The quantitative estimate of drug-likeness (QED) is 0.826. The van der Waals surface area contributed by atoms with Crippen LogP contribution in [-0.2, 0) is 6.54 Å². The zero-order chi connectivity index (χ0) is 15.7. The van der Waals surface area contributed by atoms with Crippen LogP contribution in [-0.4, -0.2) is 54.4 Å². The van der Waals surface area contributed by atoms with E-state index in [2.05, 4.69) is 9.97 Å². The molecule has 0 saturated carbocycles. The van der Waals surface area contributed by atoms with Crippen molar-refractivity contribution in [3.63, 3.8) is 0 Å². The van der Waals surface area contributed by atoms with Gasteiger partial charge < -0.3 is 15.1 Å². The number of amides is 1. The summed E-state index contributed by atoms with van der Waals surface area (Å²) in [4.78, 5) is 32.6. The van der Waals surface area contributed by atoms with Crippen LogP contribution in [0.5, 0.6) is 0 Å². The number of fused-ring (bicyclic) bond motifs is 1. The van der Waals surface area contributed by atoms with E-state index >= 15 is 0 Å². The van der Waals surface area contributed by atoms with Crippen molar-refractivity contribution < 1.29 is 15.0 Å². The molecule has 0 atom stereocenters. The van der Waals surface area contributed by atoms with Crippen LogP contribution in [0.15, 0.2) is 29.6 Å². The van der Waals surface area contributed by atoms with Gasteiger partial charge in [-0.15, -0.1) is 0 Å². The summed E-state index contributed by atoms with van der Waals surface area (Å²) in [6, 6.07) is 1.60. The summed E-state index contributed by atoms with van der Waals surface area (Å²) >= 11 is 0. The van der Waals surface area contributed by atoms with E-state index in [9.17, 15) is 14.7 Å². The molecule has 0 spiro atoms. The van der Waals surface area contributed by atoms with Crippen LogP contribution >= 0.6 is 0 Å². The van der Waals surface area contributed by atoms with E-state index in [-0.39, 0.29) is 25.2 Å². The molecule has 0 bridgehead atoms. The fourth-order valence-corrected chi connectivity index (χ4v) is 2.71. The number of carbonyl (C=O) groups is 1. The van der Waals surface area contributed by atoms with Gasteiger partial charge in [0.2, 0.25) is 0 Å². The minimum atomic E-state index is -1.10. The largest absolute Gasteiger partial charge is 0.465 e. The first-order valence-corrected chi connectivity index (χ1v) is 6.98. The molecule has 2 N–H and O–H groups in total. The summed E-state index contributed by atoms with van der Waals surface area (Å²) < 4.78 is 1.37. The highest BCUT2D eigenvalue weighted by atomic mass is 16.4. The maximum atomic E-state index is 12.4. The minimum Gasteiger partial charge on any atom is -0.465 e. The van der Waals surface area contributed by atoms with Gasteiger partial charge in [0.25, 0.3) is 5.56 Å². The summed E-state index contributed by atoms with van der Waals surface area (Å²) in [5, 5.41) is 20.0. The molecule has 0 unspecified atom stereocenters. The van der Waals surface area contributed by atoms with Crippen molar-refractivity contribution >= 4 is 17.0 Å². The lowest BCUT2D eigenvalue weighted by Crippen LogP contribution is -2.49. The van der Waals surface area contributed by atoms with E-state index in [0.717, 1.165) is 0 Å². The molecule has 3 rings (SSSR count). The van der Waals surface area contributed by atoms with E-state index in [4.69, 9.17) is 5.11 Å². The molecule has 1 saturated heterocycles. The number of nitrogens with zero attached hydrogens (tertiary/aromatic N) is 4. The van der Waals surface area contributed by atoms with E-state index in [1.54, 1.807) is 6.07 Å². The standard InChI is InChI=1S/C14H16N4O4/c19-12-10-1-4-15-7-11(10)16-9-18(12)8-14(22)2-5-17(6-3-14)13(20)21/h1,4,7,9,22H,2-3,5-6,8H2,(H,20,21). The summed E-state index contributed by atoms with van der Waals surface area (Å²) in [6.07, 6.45) is 4.03. The minimum absolute atomic E-state index is 0.102. The average Bonchev–Trinajstić information content (AvgIpc) is 2.51. The third-order valence-corrected chi connectivity index (χ3v) is 4.06. The highest BCUT2D eigenvalue weighted by Crippen LogP contribution is 2.23. The Morgan fingerprint density at radius 1 is 1.36 bits per heavy atom. The van der Waals surface area contributed by atoms with E-state index in [0.29, 0.717) is 23.7 Å². The van der Waals surface area contributed by atoms with Crippen molar-refractivity contribution in [2.24, 2.45) is 0 Å². The maximum Gasteiger partial charge on any atom is 0.407 e. The molecule has 8 nitrogen and oxygen atoms in total. The SMILES string of the molecule is O=C(O)N1CCC(O)(Cn2cnc3cnccc3c2=O)CC1. The van der Waals surface area contributed by atoms with Crippen LogP contribution in [0.3, 0.4) is 0 Å². The highest BCUT2D eigenvalue weighted by Gasteiger charge is 2.34. The molecule has 22 heavy (non-hydrogen) atoms. The van der Waals surface area contributed by atoms with Gasteiger partial charge in [0, 0.05) is 19.3 Å². The molecule has 0 aliphatic carbocycles. The van der Waals surface area contributed by atoms with E-state index < -0.39 is 11.7 Å². The maximum absolute atomic E-state index is 12.4. The van der Waals surface area contributed by atoms with Crippen molar-refractivity contribution in [1.82, 2.24) is 19.4 Å². The number of aromatic nitrogens is 3. The van der Waals surface area contributed by atoms with Crippen LogP contribution in [0, 0.1) is 0 Å². The Balaban J connectivity index is 1.83. The van der Waals surface area contributed by atoms with Crippen LogP contribution in [0.2, 0.25) is 0 Å². The van der Waals surface area contributed by atoms with Gasteiger partial charge in [-0.2, -0.15) is 0 Å². The number of rotatable bonds is 2. The van der Waals surface area contributed by atoms with Gasteiger partial charge in [-0.3, -0.25) is 14.3 Å². The third-order valence-electron chi connectivity index (χ3n) is 4.06. The first-order valence-electron chi connectivity index (χ1n) is 6.98. The second kappa shape index (κ2) is 5.38. The fourth-order valence-electron chi connectivity index (χ4n) is 2.71. The molecule has 1 fully saturated rings. The third kappa shape index (κ3) is 2.64. The number of piperidine rings is 1. The van der Waals surface area contributed by atoms with Crippen LogP contribution in [0.25, 0.3) is 10.9 Å². The monoisotopic (exact) mass is 304 g/mol. The number of pyridine rings is 1. The lowest BCUT2D eigenvalue weighted by molar-refractivity contribution is -0.0303. The van der Waals surface area contributed by atoms with Crippen LogP contribution in [0.1, 0.15) is 12.8 Å². The summed E-state index contributed by atoms with van der Waals surface area (Å²) in [5.41, 5.74) is -0.823. The van der Waals surface area contributed by atoms with Gasteiger partial charge in [0.15, 0.2) is 0 Å². The zero-order valence-corrected chi connectivity index (χ0v) is 11.8. The fraction of sp³-hybridized carbons (Fsp3) is 0.429. The number of likely N-dealkylation sites (tertiary alicyclic amines) is 1. The smallest absolute Gasteiger partial charge is 0.407 e. The molecule has 1 aliphatic rings. The second-order valence-electron chi connectivity index (χ2n) is 5.56. The van der Waals surface area contributed by atoms with E-state index in [1.165, 1.54) is 28.2 Å². The first-order chi connectivity index (χ1) is 10.5. The molecule has 1 amide bonds. The lowest BCUT2D eigenvalue weighted by Gasteiger charge is -2.37. The Morgan fingerprint density at radius 2 is 2.09 bits per heavy atom. The Labute approximate surface area is 125 Å².